The summed E-state index contributed by atoms with van der Waals surface area (Å²) >= 11 is 0. The topological polar surface area (TPSA) is 46.0 Å². The lowest BCUT2D eigenvalue weighted by Crippen LogP contribution is -2.48. The summed E-state index contributed by atoms with van der Waals surface area (Å²) in [6.07, 6.45) is 4.50. The van der Waals surface area contributed by atoms with Gasteiger partial charge in [0.2, 0.25) is 0 Å². The second-order valence-electron chi connectivity index (χ2n) is 5.24. The Morgan fingerprint density at radius 1 is 1.44 bits per heavy atom. The third-order valence-electron chi connectivity index (χ3n) is 3.84. The number of aromatic nitrogens is 3. The standard InChI is InChI=1S/C13H25N5/c1-4-11-8-18(7-6-13(11)14-5-2)10-12-9-17(3)16-15-12/h9,11,13-14H,4-8,10H2,1-3H3. The van der Waals surface area contributed by atoms with Crippen LogP contribution >= 0.6 is 0 Å². The number of hydrogen-bond donors (Lipinski definition) is 1. The Balaban J connectivity index is 1.89. The van der Waals surface area contributed by atoms with Crippen LogP contribution in [0.2, 0.25) is 0 Å². The molecule has 102 valence electrons. The van der Waals surface area contributed by atoms with Gasteiger partial charge < -0.3 is 5.32 Å². The maximum absolute atomic E-state index is 4.17. The van der Waals surface area contributed by atoms with Crippen LogP contribution < -0.4 is 5.32 Å². The summed E-state index contributed by atoms with van der Waals surface area (Å²) in [6.45, 7) is 8.82. The molecule has 0 amide bonds. The maximum Gasteiger partial charge on any atom is 0.0967 e. The van der Waals surface area contributed by atoms with Crippen LogP contribution in [-0.2, 0) is 13.6 Å². The Morgan fingerprint density at radius 2 is 2.28 bits per heavy atom. The maximum atomic E-state index is 4.17. The van der Waals surface area contributed by atoms with Crippen molar-refractivity contribution in [3.63, 3.8) is 0 Å². The van der Waals surface area contributed by atoms with Crippen LogP contribution in [0.15, 0.2) is 6.20 Å². The molecular formula is C13H25N5. The molecule has 2 atom stereocenters. The van der Waals surface area contributed by atoms with E-state index in [-0.39, 0.29) is 0 Å². The van der Waals surface area contributed by atoms with Gasteiger partial charge in [-0.15, -0.1) is 5.10 Å². The van der Waals surface area contributed by atoms with Gasteiger partial charge >= 0.3 is 0 Å². The minimum atomic E-state index is 0.693. The van der Waals surface area contributed by atoms with Crippen molar-refractivity contribution in [3.05, 3.63) is 11.9 Å². The Labute approximate surface area is 110 Å². The van der Waals surface area contributed by atoms with Crippen LogP contribution in [-0.4, -0.2) is 45.6 Å². The van der Waals surface area contributed by atoms with Gasteiger partial charge in [-0.25, -0.2) is 0 Å². The summed E-state index contributed by atoms with van der Waals surface area (Å²) in [5.74, 6) is 0.760. The smallest absolute Gasteiger partial charge is 0.0967 e. The van der Waals surface area contributed by atoms with Crippen LogP contribution in [0.1, 0.15) is 32.4 Å². The first-order valence-corrected chi connectivity index (χ1v) is 7.03. The van der Waals surface area contributed by atoms with Crippen LogP contribution in [0.4, 0.5) is 0 Å². The van der Waals surface area contributed by atoms with E-state index in [1.165, 1.54) is 19.4 Å². The highest BCUT2D eigenvalue weighted by molar-refractivity contribution is 4.94. The van der Waals surface area contributed by atoms with Crippen molar-refractivity contribution in [3.8, 4) is 0 Å². The molecule has 2 rings (SSSR count). The molecule has 5 heteroatoms. The third-order valence-corrected chi connectivity index (χ3v) is 3.84. The molecule has 0 aromatic carbocycles. The summed E-state index contributed by atoms with van der Waals surface area (Å²) in [5, 5.41) is 11.8. The summed E-state index contributed by atoms with van der Waals surface area (Å²) < 4.78 is 1.78. The third kappa shape index (κ3) is 3.29. The van der Waals surface area contributed by atoms with Gasteiger partial charge in [0.15, 0.2) is 0 Å². The fourth-order valence-corrected chi connectivity index (χ4v) is 2.89. The number of rotatable bonds is 5. The molecule has 0 spiro atoms. The van der Waals surface area contributed by atoms with Crippen LogP contribution in [0.25, 0.3) is 0 Å². The molecule has 2 unspecified atom stereocenters. The largest absolute Gasteiger partial charge is 0.314 e. The van der Waals surface area contributed by atoms with Gasteiger partial charge in [0.1, 0.15) is 0 Å². The van der Waals surface area contributed by atoms with Gasteiger partial charge in [0, 0.05) is 38.9 Å². The van der Waals surface area contributed by atoms with Gasteiger partial charge in [-0.05, 0) is 18.9 Å². The van der Waals surface area contributed by atoms with Crippen LogP contribution in [0.5, 0.6) is 0 Å². The highest BCUT2D eigenvalue weighted by Gasteiger charge is 2.27. The molecule has 1 aliphatic rings. The van der Waals surface area contributed by atoms with Crippen molar-refractivity contribution in [2.75, 3.05) is 19.6 Å². The summed E-state index contributed by atoms with van der Waals surface area (Å²) in [6, 6.07) is 0.693. The normalized spacial score (nSPS) is 25.5. The van der Waals surface area contributed by atoms with E-state index >= 15 is 0 Å². The first kappa shape index (κ1) is 13.5. The Bertz CT molecular complexity index is 362. The molecule has 2 heterocycles. The Morgan fingerprint density at radius 3 is 2.89 bits per heavy atom. The van der Waals surface area contributed by atoms with E-state index in [2.05, 4.69) is 34.4 Å². The summed E-state index contributed by atoms with van der Waals surface area (Å²) in [5.41, 5.74) is 1.08. The van der Waals surface area contributed by atoms with Gasteiger partial charge in [0.25, 0.3) is 0 Å². The molecule has 1 fully saturated rings. The van der Waals surface area contributed by atoms with E-state index in [4.69, 9.17) is 0 Å². The lowest BCUT2D eigenvalue weighted by molar-refractivity contribution is 0.128. The molecule has 0 bridgehead atoms. The predicted molar refractivity (Wildman–Crippen MR) is 72.1 cm³/mol. The van der Waals surface area contributed by atoms with Crippen LogP contribution in [0, 0.1) is 5.92 Å². The van der Waals surface area contributed by atoms with E-state index in [1.54, 1.807) is 4.68 Å². The molecule has 18 heavy (non-hydrogen) atoms. The van der Waals surface area contributed by atoms with E-state index in [0.717, 1.165) is 31.2 Å². The van der Waals surface area contributed by atoms with E-state index in [1.807, 2.05) is 13.2 Å². The number of likely N-dealkylation sites (tertiary alicyclic amines) is 1. The van der Waals surface area contributed by atoms with Gasteiger partial charge in [-0.2, -0.15) is 0 Å². The fraction of sp³-hybridized carbons (Fsp3) is 0.846. The minimum Gasteiger partial charge on any atom is -0.314 e. The Hall–Kier alpha value is -0.940. The summed E-state index contributed by atoms with van der Waals surface area (Å²) in [7, 11) is 1.92. The van der Waals surface area contributed by atoms with Gasteiger partial charge in [-0.3, -0.25) is 9.58 Å². The second-order valence-corrected chi connectivity index (χ2v) is 5.24. The van der Waals surface area contributed by atoms with Crippen molar-refractivity contribution >= 4 is 0 Å². The Kier molecular flexibility index (Phi) is 4.72. The van der Waals surface area contributed by atoms with Gasteiger partial charge in [0.05, 0.1) is 5.69 Å². The molecule has 5 nitrogen and oxygen atoms in total. The molecule has 1 aliphatic heterocycles. The molecule has 0 aliphatic carbocycles. The van der Waals surface area contributed by atoms with Crippen molar-refractivity contribution < 1.29 is 0 Å². The van der Waals surface area contributed by atoms with Gasteiger partial charge in [-0.1, -0.05) is 25.5 Å². The summed E-state index contributed by atoms with van der Waals surface area (Å²) in [4.78, 5) is 2.51. The highest BCUT2D eigenvalue weighted by atomic mass is 15.4. The average molecular weight is 251 g/mol. The zero-order chi connectivity index (χ0) is 13.0. The van der Waals surface area contributed by atoms with Crippen molar-refractivity contribution in [1.82, 2.24) is 25.2 Å². The fourth-order valence-electron chi connectivity index (χ4n) is 2.89. The number of nitrogens with one attached hydrogen (secondary N) is 1. The zero-order valence-corrected chi connectivity index (χ0v) is 11.8. The first-order valence-electron chi connectivity index (χ1n) is 7.03. The highest BCUT2D eigenvalue weighted by Crippen LogP contribution is 2.21. The quantitative estimate of drug-likeness (QED) is 0.849. The first-order chi connectivity index (χ1) is 8.72. The van der Waals surface area contributed by atoms with Crippen molar-refractivity contribution in [2.45, 2.75) is 39.3 Å². The molecular weight excluding hydrogens is 226 g/mol. The number of aryl methyl sites for hydroxylation is 1. The zero-order valence-electron chi connectivity index (χ0n) is 11.8. The minimum absolute atomic E-state index is 0.693. The molecule has 1 aromatic rings. The van der Waals surface area contributed by atoms with E-state index < -0.39 is 0 Å². The molecule has 0 radical (unpaired) electrons. The number of nitrogens with zero attached hydrogens (tertiary/aromatic N) is 4. The average Bonchev–Trinajstić information content (AvgIpc) is 2.77. The predicted octanol–water partition coefficient (Wildman–Crippen LogP) is 1.03. The molecule has 1 saturated heterocycles. The molecule has 1 aromatic heterocycles. The van der Waals surface area contributed by atoms with Crippen molar-refractivity contribution in [1.29, 1.82) is 0 Å². The van der Waals surface area contributed by atoms with Crippen LogP contribution in [0.3, 0.4) is 0 Å². The number of piperidine rings is 1. The number of hydrogen-bond acceptors (Lipinski definition) is 4. The van der Waals surface area contributed by atoms with E-state index in [0.29, 0.717) is 6.04 Å². The van der Waals surface area contributed by atoms with Crippen molar-refractivity contribution in [2.24, 2.45) is 13.0 Å². The molecule has 0 saturated carbocycles. The SMILES string of the molecule is CCNC1CCN(Cc2cn(C)nn2)CC1CC. The molecule has 1 N–H and O–H groups in total. The lowest BCUT2D eigenvalue weighted by Gasteiger charge is -2.38. The lowest BCUT2D eigenvalue weighted by atomic mass is 9.90. The monoisotopic (exact) mass is 251 g/mol. The van der Waals surface area contributed by atoms with E-state index in [9.17, 15) is 0 Å². The second kappa shape index (κ2) is 6.29.